The number of esters is 1. The summed E-state index contributed by atoms with van der Waals surface area (Å²) in [5.41, 5.74) is 1.22. The Kier molecular flexibility index (Phi) is 5.04. The summed E-state index contributed by atoms with van der Waals surface area (Å²) in [6.07, 6.45) is 3.05. The Labute approximate surface area is 125 Å². The molecule has 0 aliphatic carbocycles. The van der Waals surface area contributed by atoms with Gasteiger partial charge in [-0.15, -0.1) is 11.3 Å². The highest BCUT2D eigenvalue weighted by Gasteiger charge is 2.14. The van der Waals surface area contributed by atoms with Crippen LogP contribution in [0.25, 0.3) is 0 Å². The second kappa shape index (κ2) is 6.98. The molecule has 0 saturated carbocycles. The summed E-state index contributed by atoms with van der Waals surface area (Å²) in [4.78, 5) is 27.2. The second-order valence-electron chi connectivity index (χ2n) is 4.32. The molecular weight excluding hydrogens is 294 g/mol. The fourth-order valence-electron chi connectivity index (χ4n) is 1.68. The Morgan fingerprint density at radius 3 is 2.95 bits per heavy atom. The summed E-state index contributed by atoms with van der Waals surface area (Å²) < 4.78 is 9.41. The molecule has 0 bridgehead atoms. The standard InChI is InChI=1S/C13H15N3O4S/c1-8-10(6-14-20-8)12(18)16-13-15-9(7-21-13)4-3-5-11(17)19-2/h6-7H,3-5H2,1-2H3,(H,15,16,18). The molecule has 1 N–H and O–H groups in total. The van der Waals surface area contributed by atoms with Crippen LogP contribution in [0.1, 0.15) is 34.7 Å². The fourth-order valence-corrected chi connectivity index (χ4v) is 2.42. The summed E-state index contributed by atoms with van der Waals surface area (Å²) >= 11 is 1.34. The van der Waals surface area contributed by atoms with Crippen molar-refractivity contribution in [2.75, 3.05) is 12.4 Å². The zero-order valence-electron chi connectivity index (χ0n) is 11.7. The number of hydrogen-bond donors (Lipinski definition) is 1. The molecule has 0 spiro atoms. The maximum atomic E-state index is 11.9. The van der Waals surface area contributed by atoms with Gasteiger partial charge in [-0.05, 0) is 19.8 Å². The van der Waals surface area contributed by atoms with E-state index in [9.17, 15) is 9.59 Å². The molecule has 0 atom stereocenters. The van der Waals surface area contributed by atoms with E-state index in [1.165, 1.54) is 24.6 Å². The lowest BCUT2D eigenvalue weighted by Gasteiger charge is -1.99. The number of nitrogens with zero attached hydrogens (tertiary/aromatic N) is 2. The Hall–Kier alpha value is -2.22. The molecule has 2 rings (SSSR count). The normalized spacial score (nSPS) is 10.4. The van der Waals surface area contributed by atoms with Crippen LogP contribution in [-0.2, 0) is 16.0 Å². The van der Waals surface area contributed by atoms with Gasteiger partial charge in [-0.1, -0.05) is 5.16 Å². The Bertz CT molecular complexity index is 635. The van der Waals surface area contributed by atoms with E-state index in [-0.39, 0.29) is 11.9 Å². The van der Waals surface area contributed by atoms with Crippen molar-refractivity contribution in [3.05, 3.63) is 28.6 Å². The highest BCUT2D eigenvalue weighted by molar-refractivity contribution is 7.13. The number of ether oxygens (including phenoxy) is 1. The molecule has 0 unspecified atom stereocenters. The number of amides is 1. The smallest absolute Gasteiger partial charge is 0.305 e. The van der Waals surface area contributed by atoms with Crippen LogP contribution >= 0.6 is 11.3 Å². The molecule has 0 radical (unpaired) electrons. The first-order chi connectivity index (χ1) is 10.1. The minimum Gasteiger partial charge on any atom is -0.469 e. The van der Waals surface area contributed by atoms with E-state index in [2.05, 4.69) is 20.2 Å². The van der Waals surface area contributed by atoms with Gasteiger partial charge in [0.15, 0.2) is 5.13 Å². The number of thiazole rings is 1. The lowest BCUT2D eigenvalue weighted by atomic mass is 10.2. The van der Waals surface area contributed by atoms with E-state index in [0.29, 0.717) is 35.7 Å². The molecule has 2 heterocycles. The van der Waals surface area contributed by atoms with Gasteiger partial charge >= 0.3 is 5.97 Å². The molecule has 7 nitrogen and oxygen atoms in total. The third-order valence-corrected chi connectivity index (χ3v) is 3.62. The number of nitrogens with one attached hydrogen (secondary N) is 1. The molecule has 2 aromatic heterocycles. The Morgan fingerprint density at radius 1 is 1.48 bits per heavy atom. The van der Waals surface area contributed by atoms with Crippen molar-refractivity contribution in [3.63, 3.8) is 0 Å². The number of carbonyl (C=O) groups is 2. The summed E-state index contributed by atoms with van der Waals surface area (Å²) in [5, 5.41) is 8.61. The van der Waals surface area contributed by atoms with Crippen molar-refractivity contribution < 1.29 is 18.8 Å². The first-order valence-corrected chi connectivity index (χ1v) is 7.22. The zero-order valence-corrected chi connectivity index (χ0v) is 12.5. The van der Waals surface area contributed by atoms with Gasteiger partial charge in [0.25, 0.3) is 5.91 Å². The summed E-state index contributed by atoms with van der Waals surface area (Å²) in [7, 11) is 1.37. The van der Waals surface area contributed by atoms with Crippen LogP contribution in [0.15, 0.2) is 16.1 Å². The van der Waals surface area contributed by atoms with Crippen LogP contribution in [0.3, 0.4) is 0 Å². The minimum atomic E-state index is -0.302. The first kappa shape index (κ1) is 15.2. The van der Waals surface area contributed by atoms with E-state index in [0.717, 1.165) is 5.69 Å². The van der Waals surface area contributed by atoms with Crippen molar-refractivity contribution in [1.82, 2.24) is 10.1 Å². The average Bonchev–Trinajstić information content (AvgIpc) is 3.07. The van der Waals surface area contributed by atoms with E-state index in [1.54, 1.807) is 6.92 Å². The number of methoxy groups -OCH3 is 1. The number of carbonyl (C=O) groups excluding carboxylic acids is 2. The highest BCUT2D eigenvalue weighted by atomic mass is 32.1. The SMILES string of the molecule is COC(=O)CCCc1csc(NC(=O)c2cnoc2C)n1. The van der Waals surface area contributed by atoms with E-state index in [1.807, 2.05) is 5.38 Å². The van der Waals surface area contributed by atoms with Crippen LogP contribution in [-0.4, -0.2) is 29.1 Å². The maximum Gasteiger partial charge on any atom is 0.305 e. The van der Waals surface area contributed by atoms with Gasteiger partial charge in [0, 0.05) is 11.8 Å². The second-order valence-corrected chi connectivity index (χ2v) is 5.18. The zero-order chi connectivity index (χ0) is 15.2. The molecule has 0 aromatic carbocycles. The number of hydrogen-bond acceptors (Lipinski definition) is 7. The van der Waals surface area contributed by atoms with Gasteiger partial charge in [-0.2, -0.15) is 0 Å². The molecule has 0 saturated heterocycles. The minimum absolute atomic E-state index is 0.235. The lowest BCUT2D eigenvalue weighted by molar-refractivity contribution is -0.140. The van der Waals surface area contributed by atoms with Gasteiger partial charge in [0.1, 0.15) is 11.3 Å². The van der Waals surface area contributed by atoms with Gasteiger partial charge in [0.2, 0.25) is 0 Å². The van der Waals surface area contributed by atoms with Crippen LogP contribution in [0.4, 0.5) is 5.13 Å². The summed E-state index contributed by atoms with van der Waals surface area (Å²) in [6.45, 7) is 1.67. The third-order valence-electron chi connectivity index (χ3n) is 2.81. The van der Waals surface area contributed by atoms with Crippen molar-refractivity contribution >= 4 is 28.3 Å². The molecule has 0 aliphatic rings. The lowest BCUT2D eigenvalue weighted by Crippen LogP contribution is -2.12. The molecule has 112 valence electrons. The fraction of sp³-hybridized carbons (Fsp3) is 0.385. The predicted molar refractivity (Wildman–Crippen MR) is 76.3 cm³/mol. The quantitative estimate of drug-likeness (QED) is 0.822. The van der Waals surface area contributed by atoms with E-state index >= 15 is 0 Å². The van der Waals surface area contributed by atoms with Crippen molar-refractivity contribution in [2.24, 2.45) is 0 Å². The number of rotatable bonds is 6. The number of aryl methyl sites for hydroxylation is 2. The van der Waals surface area contributed by atoms with Crippen LogP contribution in [0.5, 0.6) is 0 Å². The van der Waals surface area contributed by atoms with Crippen LogP contribution < -0.4 is 5.32 Å². The van der Waals surface area contributed by atoms with Gasteiger partial charge in [-0.25, -0.2) is 4.98 Å². The molecule has 2 aromatic rings. The molecule has 21 heavy (non-hydrogen) atoms. The predicted octanol–water partition coefficient (Wildman–Crippen LogP) is 2.19. The monoisotopic (exact) mass is 309 g/mol. The average molecular weight is 309 g/mol. The van der Waals surface area contributed by atoms with Gasteiger partial charge in [-0.3, -0.25) is 14.9 Å². The van der Waals surface area contributed by atoms with Crippen LogP contribution in [0.2, 0.25) is 0 Å². The number of anilines is 1. The van der Waals surface area contributed by atoms with Gasteiger partial charge < -0.3 is 9.26 Å². The molecule has 0 fully saturated rings. The topological polar surface area (TPSA) is 94.3 Å². The van der Waals surface area contributed by atoms with Crippen molar-refractivity contribution in [1.29, 1.82) is 0 Å². The Morgan fingerprint density at radius 2 is 2.29 bits per heavy atom. The Balaban J connectivity index is 1.87. The molecular formula is C13H15N3O4S. The summed E-state index contributed by atoms with van der Waals surface area (Å²) in [6, 6.07) is 0. The summed E-state index contributed by atoms with van der Waals surface area (Å²) in [5.74, 6) is -0.0757. The van der Waals surface area contributed by atoms with Crippen molar-refractivity contribution in [2.45, 2.75) is 26.2 Å². The number of aromatic nitrogens is 2. The van der Waals surface area contributed by atoms with E-state index in [4.69, 9.17) is 4.52 Å². The van der Waals surface area contributed by atoms with E-state index < -0.39 is 0 Å². The van der Waals surface area contributed by atoms with Crippen molar-refractivity contribution in [3.8, 4) is 0 Å². The molecule has 0 aliphatic heterocycles. The largest absolute Gasteiger partial charge is 0.469 e. The molecule has 8 heteroatoms. The maximum absolute atomic E-state index is 11.9. The van der Waals surface area contributed by atoms with Gasteiger partial charge in [0.05, 0.1) is 19.0 Å². The molecule has 1 amide bonds. The first-order valence-electron chi connectivity index (χ1n) is 6.34. The van der Waals surface area contributed by atoms with Crippen LogP contribution in [0, 0.1) is 6.92 Å². The third kappa shape index (κ3) is 4.12. The highest BCUT2D eigenvalue weighted by Crippen LogP contribution is 2.18.